The zero-order valence-electron chi connectivity index (χ0n) is 6.17. The lowest BCUT2D eigenvalue weighted by Crippen LogP contribution is -2.38. The number of carbonyl (C=O) groups is 2. The number of carboxylic acids is 1. The molecule has 0 fully saturated rings. The topological polar surface area (TPSA) is 89.6 Å². The summed E-state index contributed by atoms with van der Waals surface area (Å²) in [5.41, 5.74) is 4.76. The number of halogens is 3. The SMILES string of the molecule is N[C@H](COC(=O)C(F)(F)F)C(=O)O. The number of ether oxygens (including phenoxy) is 1. The summed E-state index contributed by atoms with van der Waals surface area (Å²) in [6, 6.07) is -1.65. The standard InChI is InChI=1S/C5H6F3NO4/c6-5(7,8)4(12)13-1-2(9)3(10)11/h2H,1,9H2,(H,10,11)/t2-/m1/s1. The van der Waals surface area contributed by atoms with Gasteiger partial charge in [-0.1, -0.05) is 0 Å². The summed E-state index contributed by atoms with van der Waals surface area (Å²) in [5, 5.41) is 8.10. The highest BCUT2D eigenvalue weighted by molar-refractivity contribution is 5.77. The minimum absolute atomic E-state index is 1.01. The van der Waals surface area contributed by atoms with Crippen molar-refractivity contribution in [3.63, 3.8) is 0 Å². The Kier molecular flexibility index (Phi) is 3.67. The Balaban J connectivity index is 3.91. The molecule has 0 heterocycles. The Morgan fingerprint density at radius 2 is 1.92 bits per heavy atom. The molecule has 13 heavy (non-hydrogen) atoms. The quantitative estimate of drug-likeness (QED) is 0.601. The highest BCUT2D eigenvalue weighted by atomic mass is 19.4. The van der Waals surface area contributed by atoms with Gasteiger partial charge in [-0.2, -0.15) is 13.2 Å². The van der Waals surface area contributed by atoms with Gasteiger partial charge in [0.15, 0.2) is 0 Å². The first-order valence-electron chi connectivity index (χ1n) is 2.97. The molecule has 0 aromatic rings. The lowest BCUT2D eigenvalue weighted by Gasteiger charge is -2.09. The van der Waals surface area contributed by atoms with Gasteiger partial charge in [0, 0.05) is 0 Å². The molecule has 0 aromatic carbocycles. The van der Waals surface area contributed by atoms with Crippen molar-refractivity contribution in [1.29, 1.82) is 0 Å². The van der Waals surface area contributed by atoms with Crippen molar-refractivity contribution in [2.45, 2.75) is 12.2 Å². The molecule has 0 unspecified atom stereocenters. The van der Waals surface area contributed by atoms with E-state index in [4.69, 9.17) is 10.8 Å². The number of carbonyl (C=O) groups excluding carboxylic acids is 1. The zero-order chi connectivity index (χ0) is 10.6. The van der Waals surface area contributed by atoms with E-state index in [9.17, 15) is 22.8 Å². The highest BCUT2D eigenvalue weighted by Gasteiger charge is 2.41. The Labute approximate surface area is 70.3 Å². The van der Waals surface area contributed by atoms with Crippen molar-refractivity contribution in [3.8, 4) is 0 Å². The van der Waals surface area contributed by atoms with Gasteiger partial charge in [-0.3, -0.25) is 4.79 Å². The smallest absolute Gasteiger partial charge is 0.480 e. The van der Waals surface area contributed by atoms with E-state index in [1.54, 1.807) is 0 Å². The van der Waals surface area contributed by atoms with E-state index in [1.807, 2.05) is 0 Å². The van der Waals surface area contributed by atoms with Gasteiger partial charge in [-0.15, -0.1) is 0 Å². The third-order valence-corrected chi connectivity index (χ3v) is 0.943. The molecule has 1 atom stereocenters. The summed E-state index contributed by atoms with van der Waals surface area (Å²) in [6.07, 6.45) is -5.13. The second-order valence-corrected chi connectivity index (χ2v) is 2.04. The third-order valence-electron chi connectivity index (χ3n) is 0.943. The first kappa shape index (κ1) is 11.7. The van der Waals surface area contributed by atoms with Crippen LogP contribution < -0.4 is 5.73 Å². The summed E-state index contributed by atoms with van der Waals surface area (Å²) in [7, 11) is 0. The molecule has 0 aliphatic rings. The molecule has 0 radical (unpaired) electrons. The summed E-state index contributed by atoms with van der Waals surface area (Å²) < 4.78 is 37.9. The fourth-order valence-corrected chi connectivity index (χ4v) is 0.319. The second kappa shape index (κ2) is 4.08. The van der Waals surface area contributed by atoms with E-state index in [0.29, 0.717) is 0 Å². The van der Waals surface area contributed by atoms with Gasteiger partial charge < -0.3 is 15.6 Å². The molecule has 0 aliphatic heterocycles. The minimum atomic E-state index is -5.13. The molecule has 0 saturated heterocycles. The van der Waals surface area contributed by atoms with E-state index < -0.39 is 30.8 Å². The number of alkyl halides is 3. The van der Waals surface area contributed by atoms with Crippen LogP contribution in [0.15, 0.2) is 0 Å². The van der Waals surface area contributed by atoms with Crippen molar-refractivity contribution >= 4 is 11.9 Å². The minimum Gasteiger partial charge on any atom is -0.480 e. The van der Waals surface area contributed by atoms with Crippen LogP contribution in [0.1, 0.15) is 0 Å². The number of rotatable bonds is 3. The summed E-state index contributed by atoms with van der Waals surface area (Å²) in [6.45, 7) is -1.01. The maximum Gasteiger partial charge on any atom is 0.490 e. The van der Waals surface area contributed by atoms with Crippen LogP contribution in [0.5, 0.6) is 0 Å². The predicted molar refractivity (Wildman–Crippen MR) is 32.6 cm³/mol. The molecule has 0 amide bonds. The summed E-state index contributed by atoms with van der Waals surface area (Å²) in [4.78, 5) is 20.0. The molecule has 8 heteroatoms. The molecular weight excluding hydrogens is 195 g/mol. The van der Waals surface area contributed by atoms with Gasteiger partial charge in [-0.25, -0.2) is 4.79 Å². The van der Waals surface area contributed by atoms with Crippen LogP contribution in [0.3, 0.4) is 0 Å². The Morgan fingerprint density at radius 1 is 1.46 bits per heavy atom. The molecular formula is C5H6F3NO4. The van der Waals surface area contributed by atoms with Crippen molar-refractivity contribution in [2.75, 3.05) is 6.61 Å². The molecule has 0 spiro atoms. The Bertz CT molecular complexity index is 214. The molecule has 0 bridgehead atoms. The number of aliphatic carboxylic acids is 1. The van der Waals surface area contributed by atoms with Gasteiger partial charge in [-0.05, 0) is 0 Å². The van der Waals surface area contributed by atoms with E-state index in [2.05, 4.69) is 4.74 Å². The van der Waals surface area contributed by atoms with E-state index in [-0.39, 0.29) is 0 Å². The molecule has 5 nitrogen and oxygen atoms in total. The lowest BCUT2D eigenvalue weighted by molar-refractivity contribution is -0.200. The molecule has 3 N–H and O–H groups in total. The number of hydrogen-bond acceptors (Lipinski definition) is 4. The van der Waals surface area contributed by atoms with E-state index in [1.165, 1.54) is 0 Å². The maximum absolute atomic E-state index is 11.4. The summed E-state index contributed by atoms with van der Waals surface area (Å²) in [5.74, 6) is -4.00. The predicted octanol–water partition coefficient (Wildman–Crippen LogP) is -0.496. The fourth-order valence-electron chi connectivity index (χ4n) is 0.319. The van der Waals surface area contributed by atoms with Crippen molar-refractivity contribution in [3.05, 3.63) is 0 Å². The summed E-state index contributed by atoms with van der Waals surface area (Å²) >= 11 is 0. The van der Waals surface area contributed by atoms with Crippen LogP contribution in [-0.2, 0) is 14.3 Å². The Morgan fingerprint density at radius 3 is 2.23 bits per heavy atom. The van der Waals surface area contributed by atoms with Crippen LogP contribution >= 0.6 is 0 Å². The van der Waals surface area contributed by atoms with Gasteiger partial charge in [0.05, 0.1) is 0 Å². The average Bonchev–Trinajstić information content (AvgIpc) is 1.97. The molecule has 76 valence electrons. The van der Waals surface area contributed by atoms with E-state index in [0.717, 1.165) is 0 Å². The van der Waals surface area contributed by atoms with Gasteiger partial charge in [0.2, 0.25) is 0 Å². The highest BCUT2D eigenvalue weighted by Crippen LogP contribution is 2.16. The van der Waals surface area contributed by atoms with Crippen LogP contribution in [-0.4, -0.2) is 35.9 Å². The van der Waals surface area contributed by atoms with Gasteiger partial charge >= 0.3 is 18.1 Å². The first-order valence-corrected chi connectivity index (χ1v) is 2.97. The average molecular weight is 201 g/mol. The zero-order valence-corrected chi connectivity index (χ0v) is 6.17. The number of esters is 1. The number of nitrogens with two attached hydrogens (primary N) is 1. The fraction of sp³-hybridized carbons (Fsp3) is 0.600. The van der Waals surface area contributed by atoms with Crippen molar-refractivity contribution in [1.82, 2.24) is 0 Å². The van der Waals surface area contributed by atoms with Crippen molar-refractivity contribution in [2.24, 2.45) is 5.73 Å². The first-order chi connectivity index (χ1) is 5.75. The normalized spacial score (nSPS) is 13.5. The Hall–Kier alpha value is -1.31. The molecule has 0 aromatic heterocycles. The van der Waals surface area contributed by atoms with Crippen LogP contribution in [0.2, 0.25) is 0 Å². The molecule has 0 rings (SSSR count). The maximum atomic E-state index is 11.4. The van der Waals surface area contributed by atoms with Crippen LogP contribution in [0, 0.1) is 0 Å². The van der Waals surface area contributed by atoms with Gasteiger partial charge in [0.25, 0.3) is 0 Å². The monoisotopic (exact) mass is 201 g/mol. The number of carboxylic acid groups (broad SMARTS) is 1. The number of hydrogen-bond donors (Lipinski definition) is 2. The van der Waals surface area contributed by atoms with Gasteiger partial charge in [0.1, 0.15) is 12.6 Å². The second-order valence-electron chi connectivity index (χ2n) is 2.04. The van der Waals surface area contributed by atoms with Crippen LogP contribution in [0.4, 0.5) is 13.2 Å². The van der Waals surface area contributed by atoms with E-state index >= 15 is 0 Å². The van der Waals surface area contributed by atoms with Crippen LogP contribution in [0.25, 0.3) is 0 Å². The third kappa shape index (κ3) is 4.31. The molecule has 0 aliphatic carbocycles. The van der Waals surface area contributed by atoms with Crippen molar-refractivity contribution < 1.29 is 32.6 Å². The largest absolute Gasteiger partial charge is 0.490 e. The molecule has 0 saturated carbocycles. The lowest BCUT2D eigenvalue weighted by atomic mass is 10.3.